The van der Waals surface area contributed by atoms with Crippen LogP contribution in [0, 0.1) is 0 Å². The van der Waals surface area contributed by atoms with E-state index in [9.17, 15) is 5.11 Å². The van der Waals surface area contributed by atoms with Gasteiger partial charge in [0.1, 0.15) is 5.82 Å². The molecule has 0 saturated heterocycles. The first kappa shape index (κ1) is 14.4. The molecule has 1 aliphatic carbocycles. The van der Waals surface area contributed by atoms with E-state index in [2.05, 4.69) is 26.7 Å². The molecule has 0 spiro atoms. The minimum Gasteiger partial charge on any atom is -0.388 e. The van der Waals surface area contributed by atoms with Gasteiger partial charge in [0.05, 0.1) is 17.7 Å². The van der Waals surface area contributed by atoms with Gasteiger partial charge in [-0.3, -0.25) is 4.98 Å². The zero-order chi connectivity index (χ0) is 15.7. The average Bonchev–Trinajstić information content (AvgIpc) is 3.02. The van der Waals surface area contributed by atoms with Crippen molar-refractivity contribution in [3.05, 3.63) is 48.9 Å². The fourth-order valence-electron chi connectivity index (χ4n) is 3.66. The third-order valence-corrected chi connectivity index (χ3v) is 4.85. The Kier molecular flexibility index (Phi) is 3.62. The van der Waals surface area contributed by atoms with E-state index in [4.69, 9.17) is 0 Å². The van der Waals surface area contributed by atoms with E-state index >= 15 is 0 Å². The molecule has 1 N–H and O–H groups in total. The van der Waals surface area contributed by atoms with Gasteiger partial charge in [0, 0.05) is 29.5 Å². The molecule has 4 heteroatoms. The highest BCUT2D eigenvalue weighted by molar-refractivity contribution is 5.92. The normalized spacial score (nSPS) is 17.4. The van der Waals surface area contributed by atoms with E-state index in [1.807, 2.05) is 36.8 Å². The van der Waals surface area contributed by atoms with Crippen LogP contribution in [0.2, 0.25) is 0 Å². The maximum atomic E-state index is 10.9. The summed E-state index contributed by atoms with van der Waals surface area (Å²) in [6.45, 7) is 0.610. The molecule has 118 valence electrons. The lowest BCUT2D eigenvalue weighted by Gasteiger charge is -2.32. The first-order valence-electron chi connectivity index (χ1n) is 8.33. The Hall–Kier alpha value is -2.20. The molecule has 2 heterocycles. The van der Waals surface area contributed by atoms with Gasteiger partial charge in [-0.25, -0.2) is 4.98 Å². The summed E-state index contributed by atoms with van der Waals surface area (Å²) in [6, 6.07) is 10.1. The Labute approximate surface area is 135 Å². The number of fused-ring (bicyclic) bond motifs is 1. The molecule has 0 radical (unpaired) electrons. The van der Waals surface area contributed by atoms with Gasteiger partial charge in [-0.1, -0.05) is 37.5 Å². The topological polar surface area (TPSA) is 50.9 Å². The number of imidazole rings is 1. The van der Waals surface area contributed by atoms with Crippen molar-refractivity contribution in [1.82, 2.24) is 14.5 Å². The second kappa shape index (κ2) is 5.78. The van der Waals surface area contributed by atoms with Crippen LogP contribution in [0.5, 0.6) is 0 Å². The quantitative estimate of drug-likeness (QED) is 0.801. The van der Waals surface area contributed by atoms with Crippen molar-refractivity contribution in [2.24, 2.45) is 0 Å². The highest BCUT2D eigenvalue weighted by Crippen LogP contribution is 2.32. The minimum atomic E-state index is -0.601. The van der Waals surface area contributed by atoms with E-state index in [-0.39, 0.29) is 0 Å². The van der Waals surface area contributed by atoms with E-state index in [1.54, 1.807) is 0 Å². The molecule has 2 aromatic heterocycles. The largest absolute Gasteiger partial charge is 0.388 e. The summed E-state index contributed by atoms with van der Waals surface area (Å²) in [7, 11) is 0. The van der Waals surface area contributed by atoms with E-state index in [1.165, 1.54) is 6.42 Å². The second-order valence-electron chi connectivity index (χ2n) is 6.54. The maximum Gasteiger partial charge on any atom is 0.140 e. The zero-order valence-corrected chi connectivity index (χ0v) is 13.2. The van der Waals surface area contributed by atoms with Gasteiger partial charge in [0.25, 0.3) is 0 Å². The van der Waals surface area contributed by atoms with Crippen molar-refractivity contribution in [1.29, 1.82) is 0 Å². The predicted octanol–water partition coefficient (Wildman–Crippen LogP) is 3.79. The Morgan fingerprint density at radius 1 is 1.00 bits per heavy atom. The minimum absolute atomic E-state index is 0.601. The van der Waals surface area contributed by atoms with Crippen LogP contribution in [0.1, 0.15) is 32.1 Å². The molecule has 1 aromatic carbocycles. The van der Waals surface area contributed by atoms with Crippen LogP contribution in [0.3, 0.4) is 0 Å². The molecular weight excluding hydrogens is 286 g/mol. The SMILES string of the molecule is OC1(Cn2ccnc2-c2cccc3ncccc23)CCCCC1. The molecule has 0 amide bonds. The summed E-state index contributed by atoms with van der Waals surface area (Å²) >= 11 is 0. The average molecular weight is 307 g/mol. The van der Waals surface area contributed by atoms with Crippen molar-refractivity contribution in [2.45, 2.75) is 44.2 Å². The number of benzene rings is 1. The van der Waals surface area contributed by atoms with Gasteiger partial charge < -0.3 is 9.67 Å². The molecular formula is C19H21N3O. The van der Waals surface area contributed by atoms with Gasteiger partial charge >= 0.3 is 0 Å². The molecule has 1 aliphatic rings. The lowest BCUT2D eigenvalue weighted by Crippen LogP contribution is -2.36. The molecule has 3 aromatic rings. The molecule has 0 bridgehead atoms. The van der Waals surface area contributed by atoms with Crippen LogP contribution in [0.4, 0.5) is 0 Å². The van der Waals surface area contributed by atoms with Crippen molar-refractivity contribution in [3.63, 3.8) is 0 Å². The van der Waals surface area contributed by atoms with Gasteiger partial charge in [-0.05, 0) is 25.0 Å². The fraction of sp³-hybridized carbons (Fsp3) is 0.368. The molecule has 23 heavy (non-hydrogen) atoms. The van der Waals surface area contributed by atoms with Crippen LogP contribution >= 0.6 is 0 Å². The summed E-state index contributed by atoms with van der Waals surface area (Å²) in [5, 5.41) is 12.0. The van der Waals surface area contributed by atoms with Gasteiger partial charge in [0.15, 0.2) is 0 Å². The van der Waals surface area contributed by atoms with E-state index in [0.717, 1.165) is 48.0 Å². The van der Waals surface area contributed by atoms with Crippen LogP contribution < -0.4 is 0 Å². The summed E-state index contributed by atoms with van der Waals surface area (Å²) in [4.78, 5) is 8.98. The van der Waals surface area contributed by atoms with Crippen LogP contribution in [0.25, 0.3) is 22.3 Å². The summed E-state index contributed by atoms with van der Waals surface area (Å²) in [6.07, 6.45) is 10.8. The molecule has 4 rings (SSSR count). The third kappa shape index (κ3) is 2.75. The Morgan fingerprint density at radius 3 is 2.74 bits per heavy atom. The number of hydrogen-bond acceptors (Lipinski definition) is 3. The molecule has 1 saturated carbocycles. The molecule has 4 nitrogen and oxygen atoms in total. The Morgan fingerprint density at radius 2 is 1.87 bits per heavy atom. The number of pyridine rings is 1. The number of aromatic nitrogens is 3. The maximum absolute atomic E-state index is 10.9. The standard InChI is InChI=1S/C19H21N3O/c23-19(9-2-1-3-10-19)14-22-13-12-21-18(22)16-6-4-8-17-15(16)7-5-11-20-17/h4-8,11-13,23H,1-3,9-10,14H2. The number of aliphatic hydroxyl groups is 1. The zero-order valence-electron chi connectivity index (χ0n) is 13.2. The van der Waals surface area contributed by atoms with Crippen LogP contribution in [-0.4, -0.2) is 25.2 Å². The second-order valence-corrected chi connectivity index (χ2v) is 6.54. The summed E-state index contributed by atoms with van der Waals surface area (Å²) < 4.78 is 2.09. The Balaban J connectivity index is 1.74. The van der Waals surface area contributed by atoms with Crippen molar-refractivity contribution in [2.75, 3.05) is 0 Å². The van der Waals surface area contributed by atoms with Crippen molar-refractivity contribution >= 4 is 10.9 Å². The lowest BCUT2D eigenvalue weighted by molar-refractivity contribution is -0.0111. The number of nitrogens with zero attached hydrogens (tertiary/aromatic N) is 3. The van der Waals surface area contributed by atoms with Gasteiger partial charge in [-0.2, -0.15) is 0 Å². The van der Waals surface area contributed by atoms with Gasteiger partial charge in [0.2, 0.25) is 0 Å². The van der Waals surface area contributed by atoms with Crippen LogP contribution in [0.15, 0.2) is 48.9 Å². The Bertz CT molecular complexity index is 813. The van der Waals surface area contributed by atoms with Crippen molar-refractivity contribution in [3.8, 4) is 11.4 Å². The first-order valence-corrected chi connectivity index (χ1v) is 8.33. The first-order chi connectivity index (χ1) is 11.3. The highest BCUT2D eigenvalue weighted by Gasteiger charge is 2.30. The summed E-state index contributed by atoms with van der Waals surface area (Å²) in [5.41, 5.74) is 1.44. The molecule has 1 fully saturated rings. The number of hydrogen-bond donors (Lipinski definition) is 1. The summed E-state index contributed by atoms with van der Waals surface area (Å²) in [5.74, 6) is 0.905. The molecule has 0 aliphatic heterocycles. The van der Waals surface area contributed by atoms with Crippen molar-refractivity contribution < 1.29 is 5.11 Å². The highest BCUT2D eigenvalue weighted by atomic mass is 16.3. The predicted molar refractivity (Wildman–Crippen MR) is 91.0 cm³/mol. The van der Waals surface area contributed by atoms with E-state index < -0.39 is 5.60 Å². The van der Waals surface area contributed by atoms with E-state index in [0.29, 0.717) is 6.54 Å². The molecule has 0 atom stereocenters. The lowest BCUT2D eigenvalue weighted by atomic mass is 9.85. The monoisotopic (exact) mass is 307 g/mol. The number of rotatable bonds is 3. The fourth-order valence-corrected chi connectivity index (χ4v) is 3.66. The third-order valence-electron chi connectivity index (χ3n) is 4.85. The van der Waals surface area contributed by atoms with Gasteiger partial charge in [-0.15, -0.1) is 0 Å². The smallest absolute Gasteiger partial charge is 0.140 e. The van der Waals surface area contributed by atoms with Crippen LogP contribution in [-0.2, 0) is 6.54 Å². The molecule has 0 unspecified atom stereocenters.